The second-order valence-electron chi connectivity index (χ2n) is 4.09. The predicted octanol–water partition coefficient (Wildman–Crippen LogP) is 4.43. The van der Waals surface area contributed by atoms with Gasteiger partial charge in [0.05, 0.1) is 6.04 Å². The molecule has 2 aromatic rings. The molecule has 0 radical (unpaired) electrons. The van der Waals surface area contributed by atoms with Crippen LogP contribution in [0.1, 0.15) is 33.8 Å². The molecule has 0 bridgehead atoms. The van der Waals surface area contributed by atoms with E-state index in [2.05, 4.69) is 54.0 Å². The smallest absolute Gasteiger partial charge is 0.0649 e. The van der Waals surface area contributed by atoms with E-state index in [1.165, 1.54) is 20.9 Å². The molecule has 1 aromatic heterocycles. The Labute approximate surface area is 115 Å². The Morgan fingerprint density at radius 3 is 2.71 bits per heavy atom. The maximum absolute atomic E-state index is 6.34. The van der Waals surface area contributed by atoms with Crippen LogP contribution >= 0.6 is 27.3 Å². The van der Waals surface area contributed by atoms with Crippen molar-refractivity contribution in [2.75, 3.05) is 0 Å². The second-order valence-corrected chi connectivity index (χ2v) is 6.14. The molecule has 1 aromatic carbocycles. The minimum Gasteiger partial charge on any atom is -0.320 e. The predicted molar refractivity (Wildman–Crippen MR) is 78.6 cm³/mol. The van der Waals surface area contributed by atoms with Gasteiger partial charge in [0, 0.05) is 14.2 Å². The third-order valence-electron chi connectivity index (χ3n) is 2.98. The molecule has 90 valence electrons. The van der Waals surface area contributed by atoms with E-state index in [9.17, 15) is 0 Å². The first-order valence-electron chi connectivity index (χ1n) is 5.72. The first-order chi connectivity index (χ1) is 8.13. The molecule has 1 heterocycles. The van der Waals surface area contributed by atoms with Crippen molar-refractivity contribution in [2.24, 2.45) is 5.73 Å². The zero-order valence-corrected chi connectivity index (χ0v) is 12.4. The summed E-state index contributed by atoms with van der Waals surface area (Å²) in [6, 6.07) is 10.5. The third-order valence-corrected chi connectivity index (χ3v) is 5.15. The Hall–Kier alpha value is -0.640. The highest BCUT2D eigenvalue weighted by molar-refractivity contribution is 9.10. The highest BCUT2D eigenvalue weighted by Crippen LogP contribution is 2.31. The molecule has 17 heavy (non-hydrogen) atoms. The van der Waals surface area contributed by atoms with Gasteiger partial charge in [-0.2, -0.15) is 0 Å². The Morgan fingerprint density at radius 2 is 2.06 bits per heavy atom. The maximum atomic E-state index is 6.34. The number of benzene rings is 1. The van der Waals surface area contributed by atoms with Crippen molar-refractivity contribution in [1.82, 2.24) is 0 Å². The molecule has 0 amide bonds. The van der Waals surface area contributed by atoms with E-state index in [1.54, 1.807) is 0 Å². The zero-order valence-electron chi connectivity index (χ0n) is 10.0. The Balaban J connectivity index is 2.36. The number of rotatable bonds is 3. The van der Waals surface area contributed by atoms with Gasteiger partial charge in [-0.25, -0.2) is 0 Å². The van der Waals surface area contributed by atoms with Crippen molar-refractivity contribution < 1.29 is 0 Å². The van der Waals surface area contributed by atoms with Gasteiger partial charge in [-0.1, -0.05) is 35.0 Å². The van der Waals surface area contributed by atoms with Crippen LogP contribution in [0.25, 0.3) is 0 Å². The van der Waals surface area contributed by atoms with Gasteiger partial charge in [-0.15, -0.1) is 11.3 Å². The summed E-state index contributed by atoms with van der Waals surface area (Å²) in [6.07, 6.45) is 1.08. The van der Waals surface area contributed by atoms with Gasteiger partial charge in [-0.3, -0.25) is 0 Å². The topological polar surface area (TPSA) is 26.0 Å². The van der Waals surface area contributed by atoms with E-state index in [1.807, 2.05) is 17.4 Å². The Kier molecular flexibility index (Phi) is 4.02. The molecule has 3 heteroatoms. The molecule has 0 spiro atoms. The van der Waals surface area contributed by atoms with Crippen LogP contribution < -0.4 is 5.73 Å². The van der Waals surface area contributed by atoms with E-state index in [4.69, 9.17) is 5.73 Å². The first kappa shape index (κ1) is 12.8. The van der Waals surface area contributed by atoms with Crippen LogP contribution in [0.5, 0.6) is 0 Å². The summed E-state index contributed by atoms with van der Waals surface area (Å²) < 4.78 is 1.12. The molecule has 1 unspecified atom stereocenters. The molecule has 0 aliphatic heterocycles. The number of halogens is 1. The fraction of sp³-hybridized carbons (Fsp3) is 0.286. The summed E-state index contributed by atoms with van der Waals surface area (Å²) in [7, 11) is 0. The van der Waals surface area contributed by atoms with Crippen LogP contribution in [0.4, 0.5) is 0 Å². The van der Waals surface area contributed by atoms with Crippen molar-refractivity contribution in [2.45, 2.75) is 26.3 Å². The monoisotopic (exact) mass is 309 g/mol. The standard InChI is InChI=1S/C14H16BrNS/c1-3-10-7-8-13(17-10)14(16)11-5-4-6-12(15)9(11)2/h4-8,14H,3,16H2,1-2H3. The molecule has 0 aliphatic rings. The van der Waals surface area contributed by atoms with E-state index in [-0.39, 0.29) is 6.04 Å². The third kappa shape index (κ3) is 2.62. The SMILES string of the molecule is CCc1ccc(C(N)c2cccc(Br)c2C)s1. The molecule has 0 fully saturated rings. The highest BCUT2D eigenvalue weighted by Gasteiger charge is 2.14. The average molecular weight is 310 g/mol. The summed E-state index contributed by atoms with van der Waals surface area (Å²) >= 11 is 5.36. The van der Waals surface area contributed by atoms with Gasteiger partial charge >= 0.3 is 0 Å². The summed E-state index contributed by atoms with van der Waals surface area (Å²) in [6.45, 7) is 4.28. The molecule has 1 nitrogen and oxygen atoms in total. The van der Waals surface area contributed by atoms with Crippen molar-refractivity contribution in [3.63, 3.8) is 0 Å². The molecule has 1 atom stereocenters. The minimum atomic E-state index is -0.0159. The lowest BCUT2D eigenvalue weighted by Crippen LogP contribution is -2.11. The molecular weight excluding hydrogens is 294 g/mol. The van der Waals surface area contributed by atoms with Gasteiger partial charge in [0.25, 0.3) is 0 Å². The molecule has 0 saturated carbocycles. The highest BCUT2D eigenvalue weighted by atomic mass is 79.9. The molecule has 0 aliphatic carbocycles. The van der Waals surface area contributed by atoms with Gasteiger partial charge in [0.15, 0.2) is 0 Å². The van der Waals surface area contributed by atoms with Crippen molar-refractivity contribution in [3.05, 3.63) is 55.7 Å². The van der Waals surface area contributed by atoms with Gasteiger partial charge in [-0.05, 0) is 42.7 Å². The van der Waals surface area contributed by atoms with E-state index >= 15 is 0 Å². The zero-order chi connectivity index (χ0) is 12.4. The minimum absolute atomic E-state index is 0.0159. The van der Waals surface area contributed by atoms with Crippen molar-refractivity contribution >= 4 is 27.3 Å². The number of hydrogen-bond acceptors (Lipinski definition) is 2. The van der Waals surface area contributed by atoms with Crippen LogP contribution in [0.15, 0.2) is 34.8 Å². The van der Waals surface area contributed by atoms with Crippen molar-refractivity contribution in [3.8, 4) is 0 Å². The fourth-order valence-corrected chi connectivity index (χ4v) is 3.22. The second kappa shape index (κ2) is 5.34. The molecular formula is C14H16BrNS. The summed E-state index contributed by atoms with van der Waals surface area (Å²) in [5, 5.41) is 0. The normalized spacial score (nSPS) is 12.7. The molecule has 2 N–H and O–H groups in total. The van der Waals surface area contributed by atoms with Crippen LogP contribution in [-0.4, -0.2) is 0 Å². The fourth-order valence-electron chi connectivity index (χ4n) is 1.87. The van der Waals surface area contributed by atoms with E-state index < -0.39 is 0 Å². The number of aryl methyl sites for hydroxylation is 1. The van der Waals surface area contributed by atoms with Gasteiger partial charge in [0.1, 0.15) is 0 Å². The van der Waals surface area contributed by atoms with Gasteiger partial charge < -0.3 is 5.73 Å². The van der Waals surface area contributed by atoms with E-state index in [0.717, 1.165) is 10.9 Å². The largest absolute Gasteiger partial charge is 0.320 e. The van der Waals surface area contributed by atoms with Crippen LogP contribution in [0.2, 0.25) is 0 Å². The number of hydrogen-bond donors (Lipinski definition) is 1. The Morgan fingerprint density at radius 1 is 1.29 bits per heavy atom. The van der Waals surface area contributed by atoms with Crippen LogP contribution in [-0.2, 0) is 6.42 Å². The van der Waals surface area contributed by atoms with Crippen LogP contribution in [0, 0.1) is 6.92 Å². The Bertz CT molecular complexity index is 519. The molecule has 0 saturated heterocycles. The number of thiophene rings is 1. The lowest BCUT2D eigenvalue weighted by Gasteiger charge is -2.14. The summed E-state index contributed by atoms with van der Waals surface area (Å²) in [5.41, 5.74) is 8.77. The lowest BCUT2D eigenvalue weighted by atomic mass is 10.0. The van der Waals surface area contributed by atoms with Crippen LogP contribution in [0.3, 0.4) is 0 Å². The quantitative estimate of drug-likeness (QED) is 0.891. The van der Waals surface area contributed by atoms with E-state index in [0.29, 0.717) is 0 Å². The number of nitrogens with two attached hydrogens (primary N) is 1. The van der Waals surface area contributed by atoms with Gasteiger partial charge in [0.2, 0.25) is 0 Å². The summed E-state index contributed by atoms with van der Waals surface area (Å²) in [4.78, 5) is 2.63. The maximum Gasteiger partial charge on any atom is 0.0649 e. The molecule has 2 rings (SSSR count). The summed E-state index contributed by atoms with van der Waals surface area (Å²) in [5.74, 6) is 0. The first-order valence-corrected chi connectivity index (χ1v) is 7.33. The lowest BCUT2D eigenvalue weighted by molar-refractivity contribution is 0.881. The average Bonchev–Trinajstić information content (AvgIpc) is 2.80. The van der Waals surface area contributed by atoms with Crippen molar-refractivity contribution in [1.29, 1.82) is 0 Å².